The Bertz CT molecular complexity index is 837. The van der Waals surface area contributed by atoms with Crippen LogP contribution in [0.4, 0.5) is 0 Å². The van der Waals surface area contributed by atoms with Crippen molar-refractivity contribution in [3.05, 3.63) is 71.8 Å². The molecule has 1 saturated heterocycles. The maximum absolute atomic E-state index is 13.7. The minimum atomic E-state index is -1.01. The SMILES string of the molecule is CO[C@@H]([C@@H]1CCCN1)[C@@H](C)C(=O)N(Cc1ccccc1)[C@@H](Cc1ccccc1)C(=O)O. The van der Waals surface area contributed by atoms with E-state index in [1.165, 1.54) is 4.90 Å². The quantitative estimate of drug-likeness (QED) is 0.613. The van der Waals surface area contributed by atoms with Crippen molar-refractivity contribution >= 4 is 11.9 Å². The minimum Gasteiger partial charge on any atom is -0.480 e. The third-order valence-corrected chi connectivity index (χ3v) is 6.06. The van der Waals surface area contributed by atoms with Crippen LogP contribution >= 0.6 is 0 Å². The summed E-state index contributed by atoms with van der Waals surface area (Å²) in [6, 6.07) is 18.1. The Labute approximate surface area is 184 Å². The molecule has 6 nitrogen and oxygen atoms in total. The highest BCUT2D eigenvalue weighted by Gasteiger charge is 2.38. The van der Waals surface area contributed by atoms with Gasteiger partial charge in [-0.05, 0) is 30.5 Å². The number of aliphatic carboxylic acids is 1. The number of ether oxygens (including phenoxy) is 1. The van der Waals surface area contributed by atoms with Crippen LogP contribution in [0.5, 0.6) is 0 Å². The summed E-state index contributed by atoms with van der Waals surface area (Å²) in [4.78, 5) is 27.5. The third kappa shape index (κ3) is 5.93. The standard InChI is InChI=1S/C25H32N2O4/c1-18(23(31-2)21-14-9-15-26-21)24(28)27(17-20-12-7-4-8-13-20)22(25(29)30)16-19-10-5-3-6-11-19/h3-8,10-13,18,21-23,26H,9,14-17H2,1-2H3,(H,29,30)/t18-,21+,22+,23-/m1/s1. The Morgan fingerprint density at radius 1 is 1.10 bits per heavy atom. The van der Waals surface area contributed by atoms with Crippen molar-refractivity contribution in [3.8, 4) is 0 Å². The van der Waals surface area contributed by atoms with E-state index in [1.54, 1.807) is 7.11 Å². The molecule has 2 aromatic carbocycles. The monoisotopic (exact) mass is 424 g/mol. The lowest BCUT2D eigenvalue weighted by molar-refractivity contribution is -0.155. The molecule has 0 unspecified atom stereocenters. The summed E-state index contributed by atoms with van der Waals surface area (Å²) in [5.74, 6) is -1.68. The molecule has 1 aliphatic rings. The number of carboxylic acids is 1. The Hall–Kier alpha value is -2.70. The predicted octanol–water partition coefficient (Wildman–Crippen LogP) is 3.11. The molecule has 1 aliphatic heterocycles. The first-order chi connectivity index (χ1) is 15.0. The molecular formula is C25H32N2O4. The number of nitrogens with zero attached hydrogens (tertiary/aromatic N) is 1. The average molecular weight is 425 g/mol. The number of nitrogens with one attached hydrogen (secondary N) is 1. The van der Waals surface area contributed by atoms with Crippen LogP contribution in [0.1, 0.15) is 30.9 Å². The van der Waals surface area contributed by atoms with Crippen LogP contribution in [0.25, 0.3) is 0 Å². The highest BCUT2D eigenvalue weighted by Crippen LogP contribution is 2.24. The van der Waals surface area contributed by atoms with Gasteiger partial charge >= 0.3 is 5.97 Å². The Morgan fingerprint density at radius 2 is 1.71 bits per heavy atom. The van der Waals surface area contributed by atoms with Crippen molar-refractivity contribution in [2.75, 3.05) is 13.7 Å². The number of benzene rings is 2. The molecule has 0 aromatic heterocycles. The first-order valence-electron chi connectivity index (χ1n) is 10.9. The van der Waals surface area contributed by atoms with Crippen molar-refractivity contribution in [2.45, 2.75) is 50.9 Å². The van der Waals surface area contributed by atoms with Gasteiger partial charge in [0, 0.05) is 26.1 Å². The van der Waals surface area contributed by atoms with E-state index in [0.29, 0.717) is 0 Å². The van der Waals surface area contributed by atoms with Crippen LogP contribution < -0.4 is 5.32 Å². The lowest BCUT2D eigenvalue weighted by Gasteiger charge is -2.35. The smallest absolute Gasteiger partial charge is 0.326 e. The Kier molecular flexibility index (Phi) is 8.20. The predicted molar refractivity (Wildman–Crippen MR) is 120 cm³/mol. The maximum Gasteiger partial charge on any atom is 0.326 e. The molecule has 0 bridgehead atoms. The molecule has 31 heavy (non-hydrogen) atoms. The number of amides is 1. The van der Waals surface area contributed by atoms with Gasteiger partial charge in [-0.25, -0.2) is 4.79 Å². The molecular weight excluding hydrogens is 392 g/mol. The fourth-order valence-electron chi connectivity index (χ4n) is 4.40. The second-order valence-electron chi connectivity index (χ2n) is 8.19. The van der Waals surface area contributed by atoms with E-state index in [1.807, 2.05) is 67.6 Å². The van der Waals surface area contributed by atoms with E-state index in [0.717, 1.165) is 30.5 Å². The van der Waals surface area contributed by atoms with Gasteiger partial charge in [0.05, 0.1) is 12.0 Å². The van der Waals surface area contributed by atoms with Crippen molar-refractivity contribution in [1.29, 1.82) is 0 Å². The van der Waals surface area contributed by atoms with Crippen LogP contribution in [-0.4, -0.2) is 53.7 Å². The van der Waals surface area contributed by atoms with Gasteiger partial charge < -0.3 is 20.1 Å². The van der Waals surface area contributed by atoms with Gasteiger partial charge in [-0.1, -0.05) is 67.6 Å². The summed E-state index contributed by atoms with van der Waals surface area (Å²) in [6.07, 6.45) is 1.94. The number of carboxylic acid groups (broad SMARTS) is 1. The van der Waals surface area contributed by atoms with Crippen LogP contribution in [0, 0.1) is 5.92 Å². The molecule has 0 spiro atoms. The van der Waals surface area contributed by atoms with Crippen molar-refractivity contribution < 1.29 is 19.4 Å². The largest absolute Gasteiger partial charge is 0.480 e. The van der Waals surface area contributed by atoms with Crippen molar-refractivity contribution in [1.82, 2.24) is 10.2 Å². The van der Waals surface area contributed by atoms with E-state index in [4.69, 9.17) is 4.74 Å². The summed E-state index contributed by atoms with van der Waals surface area (Å²) in [5, 5.41) is 13.5. The van der Waals surface area contributed by atoms with Gasteiger partial charge in [0.2, 0.25) is 5.91 Å². The van der Waals surface area contributed by atoms with Gasteiger partial charge in [0.1, 0.15) is 6.04 Å². The van der Waals surface area contributed by atoms with Gasteiger partial charge in [-0.2, -0.15) is 0 Å². The second-order valence-corrected chi connectivity index (χ2v) is 8.19. The fourth-order valence-corrected chi connectivity index (χ4v) is 4.40. The van der Waals surface area contributed by atoms with Crippen LogP contribution in [0.15, 0.2) is 60.7 Å². The summed E-state index contributed by atoms with van der Waals surface area (Å²) in [6.45, 7) is 2.99. The summed E-state index contributed by atoms with van der Waals surface area (Å²) in [7, 11) is 1.62. The summed E-state index contributed by atoms with van der Waals surface area (Å²) < 4.78 is 5.72. The lowest BCUT2D eigenvalue weighted by atomic mass is 9.93. The molecule has 0 radical (unpaired) electrons. The first kappa shape index (κ1) is 23.0. The van der Waals surface area contributed by atoms with Gasteiger partial charge in [-0.3, -0.25) is 4.79 Å². The number of methoxy groups -OCH3 is 1. The molecule has 3 rings (SSSR count). The lowest BCUT2D eigenvalue weighted by Crippen LogP contribution is -2.52. The van der Waals surface area contributed by atoms with Gasteiger partial charge in [0.25, 0.3) is 0 Å². The van der Waals surface area contributed by atoms with Crippen molar-refractivity contribution in [2.24, 2.45) is 5.92 Å². The molecule has 4 atom stereocenters. The zero-order valence-electron chi connectivity index (χ0n) is 18.2. The number of hydrogen-bond acceptors (Lipinski definition) is 4. The highest BCUT2D eigenvalue weighted by molar-refractivity contribution is 5.85. The molecule has 1 heterocycles. The molecule has 2 aromatic rings. The molecule has 2 N–H and O–H groups in total. The molecule has 6 heteroatoms. The van der Waals surface area contributed by atoms with E-state index in [9.17, 15) is 14.7 Å². The third-order valence-electron chi connectivity index (χ3n) is 6.06. The van der Waals surface area contributed by atoms with E-state index < -0.39 is 17.9 Å². The highest BCUT2D eigenvalue weighted by atomic mass is 16.5. The summed E-state index contributed by atoms with van der Waals surface area (Å²) in [5.41, 5.74) is 1.78. The molecule has 0 aliphatic carbocycles. The van der Waals surface area contributed by atoms with Gasteiger partial charge in [-0.15, -0.1) is 0 Å². The maximum atomic E-state index is 13.7. The van der Waals surface area contributed by atoms with E-state index in [-0.39, 0.29) is 31.0 Å². The second kappa shape index (κ2) is 11.1. The molecule has 166 valence electrons. The van der Waals surface area contributed by atoms with Gasteiger partial charge in [0.15, 0.2) is 0 Å². The molecule has 1 fully saturated rings. The normalized spacial score (nSPS) is 18.8. The molecule has 0 saturated carbocycles. The molecule has 1 amide bonds. The van der Waals surface area contributed by atoms with E-state index in [2.05, 4.69) is 5.32 Å². The Morgan fingerprint density at radius 3 is 2.23 bits per heavy atom. The minimum absolute atomic E-state index is 0.0972. The number of carbonyl (C=O) groups is 2. The van der Waals surface area contributed by atoms with Crippen LogP contribution in [-0.2, 0) is 27.3 Å². The van der Waals surface area contributed by atoms with Crippen molar-refractivity contribution in [3.63, 3.8) is 0 Å². The van der Waals surface area contributed by atoms with Crippen LogP contribution in [0.2, 0.25) is 0 Å². The number of hydrogen-bond donors (Lipinski definition) is 2. The average Bonchev–Trinajstić information content (AvgIpc) is 3.32. The number of carbonyl (C=O) groups excluding carboxylic acids is 1. The first-order valence-corrected chi connectivity index (χ1v) is 10.9. The zero-order chi connectivity index (χ0) is 22.2. The zero-order valence-corrected chi connectivity index (χ0v) is 18.2. The van der Waals surface area contributed by atoms with Crippen LogP contribution in [0.3, 0.4) is 0 Å². The summed E-state index contributed by atoms with van der Waals surface area (Å²) >= 11 is 0. The topological polar surface area (TPSA) is 78.9 Å². The Balaban J connectivity index is 1.89. The number of rotatable bonds is 10. The van der Waals surface area contributed by atoms with E-state index >= 15 is 0 Å². The fraction of sp³-hybridized carbons (Fsp3) is 0.440.